The van der Waals surface area contributed by atoms with E-state index in [9.17, 15) is 33.2 Å². The average molecular weight is 333 g/mol. The molecule has 0 saturated carbocycles. The molecule has 0 radical (unpaired) electrons. The molecule has 0 unspecified atom stereocenters. The lowest BCUT2D eigenvalue weighted by atomic mass is 9.91. The summed E-state index contributed by atoms with van der Waals surface area (Å²) < 4.78 is 38.0. The molecule has 0 aromatic heterocycles. The third-order valence-electron chi connectivity index (χ3n) is 3.73. The minimum absolute atomic E-state index is 0.142. The molecule has 2 rings (SSSR count). The summed E-state index contributed by atoms with van der Waals surface area (Å²) in [5.41, 5.74) is -2.62. The molecule has 0 bridgehead atoms. The van der Waals surface area contributed by atoms with E-state index in [1.165, 1.54) is 24.3 Å². The van der Waals surface area contributed by atoms with Gasteiger partial charge in [0.2, 0.25) is 0 Å². The summed E-state index contributed by atoms with van der Waals surface area (Å²) in [6, 6.07) is 4.43. The molecule has 1 heterocycles. The van der Waals surface area contributed by atoms with Gasteiger partial charge in [-0.15, -0.1) is 0 Å². The number of alkyl halides is 3. The van der Waals surface area contributed by atoms with Crippen LogP contribution in [-0.2, 0) is 0 Å². The first kappa shape index (κ1) is 17.0. The van der Waals surface area contributed by atoms with Gasteiger partial charge in [0.15, 0.2) is 5.60 Å². The number of rotatable bonds is 2. The molecule has 0 atom stereocenters. The topological polar surface area (TPSA) is 95.7 Å². The monoisotopic (exact) mass is 333 g/mol. The molecule has 0 spiro atoms. The molecule has 126 valence electrons. The van der Waals surface area contributed by atoms with Crippen molar-refractivity contribution in [1.29, 1.82) is 0 Å². The number of nitrogens with zero attached hydrogens (tertiary/aromatic N) is 2. The molecule has 2 amide bonds. The summed E-state index contributed by atoms with van der Waals surface area (Å²) >= 11 is 0. The molecule has 1 fully saturated rings. The maximum atomic E-state index is 12.7. The van der Waals surface area contributed by atoms with Gasteiger partial charge in [-0.3, -0.25) is 10.1 Å². The van der Waals surface area contributed by atoms with Gasteiger partial charge in [0.25, 0.3) is 5.69 Å². The molecule has 1 aromatic rings. The number of non-ortho nitro benzene ring substituents is 1. The van der Waals surface area contributed by atoms with E-state index in [4.69, 9.17) is 0 Å². The summed E-state index contributed by atoms with van der Waals surface area (Å²) in [4.78, 5) is 23.0. The van der Waals surface area contributed by atoms with Crippen molar-refractivity contribution in [3.05, 3.63) is 34.4 Å². The summed E-state index contributed by atoms with van der Waals surface area (Å²) in [5.74, 6) is 0. The largest absolute Gasteiger partial charge is 0.417 e. The molecule has 1 aromatic carbocycles. The summed E-state index contributed by atoms with van der Waals surface area (Å²) in [6.07, 6.45) is -5.91. The number of piperidine rings is 1. The molecule has 1 aliphatic heterocycles. The zero-order valence-corrected chi connectivity index (χ0v) is 11.8. The zero-order valence-electron chi connectivity index (χ0n) is 11.8. The molecule has 2 N–H and O–H groups in total. The number of nitro groups is 1. The normalized spacial score (nSPS) is 17.7. The van der Waals surface area contributed by atoms with E-state index in [2.05, 4.69) is 5.32 Å². The minimum atomic E-state index is -4.73. The Morgan fingerprint density at radius 3 is 2.22 bits per heavy atom. The Labute approximate surface area is 128 Å². The first-order valence-electron chi connectivity index (χ1n) is 6.72. The van der Waals surface area contributed by atoms with Crippen LogP contribution in [0.25, 0.3) is 0 Å². The van der Waals surface area contributed by atoms with Crippen LogP contribution in [0.3, 0.4) is 0 Å². The van der Waals surface area contributed by atoms with Crippen molar-refractivity contribution < 1.29 is 28.0 Å². The summed E-state index contributed by atoms with van der Waals surface area (Å²) in [7, 11) is 0. The van der Waals surface area contributed by atoms with Crippen LogP contribution < -0.4 is 5.32 Å². The van der Waals surface area contributed by atoms with Gasteiger partial charge >= 0.3 is 12.2 Å². The summed E-state index contributed by atoms with van der Waals surface area (Å²) in [6.45, 7) is -0.482. The van der Waals surface area contributed by atoms with Gasteiger partial charge in [0.05, 0.1) is 4.92 Å². The van der Waals surface area contributed by atoms with Gasteiger partial charge in [-0.05, 0) is 12.1 Å². The number of hydrogen-bond acceptors (Lipinski definition) is 4. The SMILES string of the molecule is O=C(Nc1ccc([N+](=O)[O-])cc1)N1CCC(O)(C(F)(F)F)CC1. The van der Waals surface area contributed by atoms with E-state index < -0.39 is 35.6 Å². The lowest BCUT2D eigenvalue weighted by molar-refractivity contribution is -0.384. The Morgan fingerprint density at radius 1 is 1.26 bits per heavy atom. The number of anilines is 1. The molecular formula is C13H14F3N3O4. The van der Waals surface area contributed by atoms with E-state index in [0.29, 0.717) is 0 Å². The average Bonchev–Trinajstić information content (AvgIpc) is 2.47. The van der Waals surface area contributed by atoms with E-state index in [-0.39, 0.29) is 24.5 Å². The highest BCUT2D eigenvalue weighted by atomic mass is 19.4. The second-order valence-electron chi connectivity index (χ2n) is 5.25. The Hall–Kier alpha value is -2.36. The fraction of sp³-hybridized carbons (Fsp3) is 0.462. The maximum absolute atomic E-state index is 12.7. The highest BCUT2D eigenvalue weighted by Crippen LogP contribution is 2.38. The maximum Gasteiger partial charge on any atom is 0.417 e. The fourth-order valence-corrected chi connectivity index (χ4v) is 2.23. The third-order valence-corrected chi connectivity index (χ3v) is 3.73. The van der Waals surface area contributed by atoms with Crippen LogP contribution in [0.4, 0.5) is 29.3 Å². The molecule has 10 heteroatoms. The lowest BCUT2D eigenvalue weighted by Crippen LogP contribution is -2.55. The summed E-state index contributed by atoms with van der Waals surface area (Å²) in [5, 5.41) is 22.5. The van der Waals surface area contributed by atoms with Crippen molar-refractivity contribution >= 4 is 17.4 Å². The van der Waals surface area contributed by atoms with Crippen LogP contribution in [0, 0.1) is 10.1 Å². The first-order valence-corrected chi connectivity index (χ1v) is 6.72. The van der Waals surface area contributed by atoms with Crippen molar-refractivity contribution in [2.75, 3.05) is 18.4 Å². The number of hydrogen-bond donors (Lipinski definition) is 2. The van der Waals surface area contributed by atoms with Crippen molar-refractivity contribution in [2.24, 2.45) is 0 Å². The molecule has 1 aliphatic rings. The van der Waals surface area contributed by atoms with E-state index in [0.717, 1.165) is 4.90 Å². The van der Waals surface area contributed by atoms with E-state index >= 15 is 0 Å². The van der Waals surface area contributed by atoms with Gasteiger partial charge in [-0.1, -0.05) is 0 Å². The number of benzene rings is 1. The first-order chi connectivity index (χ1) is 10.6. The Kier molecular flexibility index (Phi) is 4.46. The van der Waals surface area contributed by atoms with Gasteiger partial charge in [0.1, 0.15) is 0 Å². The number of carbonyl (C=O) groups excluding carboxylic acids is 1. The Morgan fingerprint density at radius 2 is 1.78 bits per heavy atom. The van der Waals surface area contributed by atoms with Gasteiger partial charge in [-0.2, -0.15) is 13.2 Å². The van der Waals surface area contributed by atoms with Crippen LogP contribution in [0.5, 0.6) is 0 Å². The quantitative estimate of drug-likeness (QED) is 0.642. The Bertz CT molecular complexity index is 595. The predicted molar refractivity (Wildman–Crippen MR) is 73.9 cm³/mol. The number of nitro benzene ring substituents is 1. The van der Waals surface area contributed by atoms with Gasteiger partial charge in [-0.25, -0.2) is 4.79 Å². The second-order valence-corrected chi connectivity index (χ2v) is 5.25. The number of amides is 2. The smallest absolute Gasteiger partial charge is 0.380 e. The van der Waals surface area contributed by atoms with Crippen molar-refractivity contribution in [3.8, 4) is 0 Å². The molecule has 7 nitrogen and oxygen atoms in total. The van der Waals surface area contributed by atoms with Crippen molar-refractivity contribution in [2.45, 2.75) is 24.6 Å². The van der Waals surface area contributed by atoms with Crippen molar-refractivity contribution in [1.82, 2.24) is 4.90 Å². The van der Waals surface area contributed by atoms with Gasteiger partial charge in [0, 0.05) is 43.8 Å². The predicted octanol–water partition coefficient (Wildman–Crippen LogP) is 2.52. The molecule has 0 aliphatic carbocycles. The van der Waals surface area contributed by atoms with Crippen LogP contribution in [0.1, 0.15) is 12.8 Å². The molecule has 1 saturated heterocycles. The third kappa shape index (κ3) is 3.70. The second kappa shape index (κ2) is 6.03. The van der Waals surface area contributed by atoms with Gasteiger partial charge < -0.3 is 15.3 Å². The van der Waals surface area contributed by atoms with E-state index in [1.807, 2.05) is 0 Å². The number of nitrogens with one attached hydrogen (secondary N) is 1. The number of likely N-dealkylation sites (tertiary alicyclic amines) is 1. The standard InChI is InChI=1S/C13H14F3N3O4/c14-13(15,16)12(21)5-7-18(8-6-12)11(20)17-9-1-3-10(4-2-9)19(22)23/h1-4,21H,5-8H2,(H,17,20). The van der Waals surface area contributed by atoms with Crippen LogP contribution >= 0.6 is 0 Å². The molecule has 23 heavy (non-hydrogen) atoms. The van der Waals surface area contributed by atoms with Crippen LogP contribution in [0.15, 0.2) is 24.3 Å². The number of carbonyl (C=O) groups is 1. The number of urea groups is 1. The number of halogens is 3. The molecular weight excluding hydrogens is 319 g/mol. The number of aliphatic hydroxyl groups is 1. The van der Waals surface area contributed by atoms with Crippen LogP contribution in [-0.4, -0.2) is 45.8 Å². The highest BCUT2D eigenvalue weighted by Gasteiger charge is 2.54. The lowest BCUT2D eigenvalue weighted by Gasteiger charge is -2.38. The minimum Gasteiger partial charge on any atom is -0.380 e. The highest BCUT2D eigenvalue weighted by molar-refractivity contribution is 5.89. The fourth-order valence-electron chi connectivity index (χ4n) is 2.23. The zero-order chi connectivity index (χ0) is 17.3. The Balaban J connectivity index is 1.94. The van der Waals surface area contributed by atoms with E-state index in [1.54, 1.807) is 0 Å². The van der Waals surface area contributed by atoms with Crippen LogP contribution in [0.2, 0.25) is 0 Å². The van der Waals surface area contributed by atoms with Crippen molar-refractivity contribution in [3.63, 3.8) is 0 Å².